The molecular weight excluding hydrogens is 450 g/mol. The van der Waals surface area contributed by atoms with E-state index < -0.39 is 21.2 Å². The van der Waals surface area contributed by atoms with Gasteiger partial charge < -0.3 is 23.7 Å². The van der Waals surface area contributed by atoms with Gasteiger partial charge in [-0.3, -0.25) is 9.59 Å². The second kappa shape index (κ2) is 8.48. The van der Waals surface area contributed by atoms with Crippen molar-refractivity contribution >= 4 is 26.8 Å². The molecule has 1 aromatic carbocycles. The predicted octanol–water partition coefficient (Wildman–Crippen LogP) is 0.539. The van der Waals surface area contributed by atoms with Crippen LogP contribution in [0.25, 0.3) is 10.9 Å². The molecule has 0 aliphatic carbocycles. The molecule has 4 heterocycles. The summed E-state index contributed by atoms with van der Waals surface area (Å²) >= 11 is 0. The van der Waals surface area contributed by atoms with Gasteiger partial charge in [-0.15, -0.1) is 0 Å². The number of carbonyl (C=O) groups is 1. The van der Waals surface area contributed by atoms with Crippen LogP contribution in [-0.4, -0.2) is 86.5 Å². The Balaban J connectivity index is 1.47. The molecule has 11 heteroatoms. The number of nitrogens with zero attached hydrogens (tertiary/aromatic N) is 3. The fraction of sp³-hybridized carbons (Fsp3) is 0.545. The summed E-state index contributed by atoms with van der Waals surface area (Å²) in [5.74, 6) is -0.986. The van der Waals surface area contributed by atoms with E-state index in [9.17, 15) is 18.0 Å². The van der Waals surface area contributed by atoms with E-state index in [1.807, 2.05) is 0 Å². The Morgan fingerprint density at radius 3 is 2.33 bits per heavy atom. The van der Waals surface area contributed by atoms with Gasteiger partial charge in [0.25, 0.3) is 5.91 Å². The molecule has 1 amide bonds. The monoisotopic (exact) mass is 477 g/mol. The smallest absolute Gasteiger partial charge is 0.259 e. The van der Waals surface area contributed by atoms with Crippen LogP contribution in [0.3, 0.4) is 0 Å². The molecule has 2 aromatic rings. The van der Waals surface area contributed by atoms with E-state index in [0.29, 0.717) is 57.9 Å². The first-order valence-electron chi connectivity index (χ1n) is 11.1. The number of ether oxygens (including phenoxy) is 3. The van der Waals surface area contributed by atoms with Gasteiger partial charge in [0, 0.05) is 57.7 Å². The van der Waals surface area contributed by atoms with Crippen LogP contribution in [-0.2, 0) is 31.3 Å². The average molecular weight is 478 g/mol. The van der Waals surface area contributed by atoms with Crippen molar-refractivity contribution in [2.24, 2.45) is 7.05 Å². The minimum Gasteiger partial charge on any atom is -0.379 e. The lowest BCUT2D eigenvalue weighted by Crippen LogP contribution is -2.48. The lowest BCUT2D eigenvalue weighted by atomic mass is 10.0. The molecule has 0 saturated carbocycles. The summed E-state index contributed by atoms with van der Waals surface area (Å²) in [7, 11) is -2.03. The zero-order chi connectivity index (χ0) is 23.2. The maximum Gasteiger partial charge on any atom is 0.259 e. The van der Waals surface area contributed by atoms with Gasteiger partial charge in [0.15, 0.2) is 5.79 Å². The number of carbonyl (C=O) groups excluding carboxylic acids is 1. The highest BCUT2D eigenvalue weighted by Gasteiger charge is 2.41. The number of pyridine rings is 1. The Kier molecular flexibility index (Phi) is 5.78. The van der Waals surface area contributed by atoms with Crippen LogP contribution in [0.1, 0.15) is 23.2 Å². The van der Waals surface area contributed by atoms with Crippen LogP contribution in [0.15, 0.2) is 34.1 Å². The van der Waals surface area contributed by atoms with Crippen LogP contribution in [0, 0.1) is 0 Å². The first-order chi connectivity index (χ1) is 15.8. The quantitative estimate of drug-likeness (QED) is 0.635. The maximum absolute atomic E-state index is 13.3. The minimum absolute atomic E-state index is 0.0233. The highest BCUT2D eigenvalue weighted by molar-refractivity contribution is 7.89. The summed E-state index contributed by atoms with van der Waals surface area (Å²) in [5, 5.41) is 0.202. The van der Waals surface area contributed by atoms with Crippen LogP contribution >= 0.6 is 0 Å². The van der Waals surface area contributed by atoms with Crippen molar-refractivity contribution in [1.29, 1.82) is 0 Å². The summed E-state index contributed by atoms with van der Waals surface area (Å²) in [4.78, 5) is 28.2. The number of rotatable bonds is 3. The van der Waals surface area contributed by atoms with Gasteiger partial charge in [0.05, 0.1) is 36.8 Å². The van der Waals surface area contributed by atoms with Crippen molar-refractivity contribution < 1.29 is 27.4 Å². The van der Waals surface area contributed by atoms with Crippen molar-refractivity contribution in [3.8, 4) is 0 Å². The SMILES string of the molecule is Cn1cc(C(=O)N2CCC3(CC2)OCCO3)c(=O)c2cc(S(=O)(=O)N3CCOCC3)ccc21. The molecule has 0 unspecified atom stereocenters. The number of sulfonamides is 1. The van der Waals surface area contributed by atoms with E-state index in [0.717, 1.165) is 0 Å². The van der Waals surface area contributed by atoms with E-state index >= 15 is 0 Å². The fourth-order valence-corrected chi connectivity index (χ4v) is 6.16. The summed E-state index contributed by atoms with van der Waals surface area (Å²) in [6.45, 7) is 3.14. The van der Waals surface area contributed by atoms with Crippen molar-refractivity contribution in [2.75, 3.05) is 52.6 Å². The second-order valence-corrected chi connectivity index (χ2v) is 10.5. The molecule has 0 atom stereocenters. The van der Waals surface area contributed by atoms with E-state index in [4.69, 9.17) is 14.2 Å². The molecule has 10 nitrogen and oxygen atoms in total. The lowest BCUT2D eigenvalue weighted by Gasteiger charge is -2.37. The molecular formula is C22H27N3O7S. The van der Waals surface area contributed by atoms with Gasteiger partial charge in [0.1, 0.15) is 5.56 Å². The number of morpholine rings is 1. The van der Waals surface area contributed by atoms with Gasteiger partial charge in [-0.05, 0) is 18.2 Å². The Morgan fingerprint density at radius 2 is 1.67 bits per heavy atom. The number of aromatic nitrogens is 1. The van der Waals surface area contributed by atoms with E-state index in [1.165, 1.54) is 22.6 Å². The second-order valence-electron chi connectivity index (χ2n) is 8.58. The molecule has 3 aliphatic rings. The van der Waals surface area contributed by atoms with Gasteiger partial charge in [-0.25, -0.2) is 8.42 Å². The number of hydrogen-bond donors (Lipinski definition) is 0. The summed E-state index contributed by atoms with van der Waals surface area (Å²) in [5.41, 5.74) is 0.110. The molecule has 3 saturated heterocycles. The zero-order valence-electron chi connectivity index (χ0n) is 18.5. The summed E-state index contributed by atoms with van der Waals surface area (Å²) in [6, 6.07) is 4.49. The molecule has 3 aliphatic heterocycles. The Labute approximate surface area is 191 Å². The molecule has 33 heavy (non-hydrogen) atoms. The Hall–Kier alpha value is -2.31. The third-order valence-electron chi connectivity index (χ3n) is 6.62. The number of amides is 1. The van der Waals surface area contributed by atoms with Gasteiger partial charge >= 0.3 is 0 Å². The van der Waals surface area contributed by atoms with Gasteiger partial charge in [-0.2, -0.15) is 4.31 Å². The molecule has 0 radical (unpaired) electrons. The van der Waals surface area contributed by atoms with E-state index in [-0.39, 0.29) is 34.8 Å². The molecule has 0 N–H and O–H groups in total. The molecule has 1 aromatic heterocycles. The molecule has 178 valence electrons. The Morgan fingerprint density at radius 1 is 1.00 bits per heavy atom. The van der Waals surface area contributed by atoms with Gasteiger partial charge in [0.2, 0.25) is 15.5 Å². The standard InChI is InChI=1S/C22H27N3O7S/c1-23-15-18(21(27)24-6-4-22(5-7-24)31-12-13-32-22)20(26)17-14-16(2-3-19(17)23)33(28,29)25-8-10-30-11-9-25/h2-3,14-15H,4-13H2,1H3. The van der Waals surface area contributed by atoms with Crippen LogP contribution in [0.5, 0.6) is 0 Å². The third kappa shape index (κ3) is 3.97. The number of likely N-dealkylation sites (tertiary alicyclic amines) is 1. The number of aryl methyl sites for hydroxylation is 1. The van der Waals surface area contributed by atoms with Crippen LogP contribution in [0.2, 0.25) is 0 Å². The fourth-order valence-electron chi connectivity index (χ4n) is 4.73. The molecule has 5 rings (SSSR count). The largest absolute Gasteiger partial charge is 0.379 e. The summed E-state index contributed by atoms with van der Waals surface area (Å²) in [6.07, 6.45) is 2.62. The van der Waals surface area contributed by atoms with Crippen molar-refractivity contribution in [1.82, 2.24) is 13.8 Å². The number of benzene rings is 1. The highest BCUT2D eigenvalue weighted by atomic mass is 32.2. The first kappa shape index (κ1) is 22.5. The normalized spacial score (nSPS) is 21.7. The number of hydrogen-bond acceptors (Lipinski definition) is 7. The predicted molar refractivity (Wildman–Crippen MR) is 119 cm³/mol. The van der Waals surface area contributed by atoms with Gasteiger partial charge in [-0.1, -0.05) is 0 Å². The molecule has 1 spiro atoms. The van der Waals surface area contributed by atoms with Crippen molar-refractivity contribution in [2.45, 2.75) is 23.5 Å². The number of piperidine rings is 1. The Bertz CT molecular complexity index is 1230. The zero-order valence-corrected chi connectivity index (χ0v) is 19.3. The van der Waals surface area contributed by atoms with E-state index in [1.54, 1.807) is 22.6 Å². The highest BCUT2D eigenvalue weighted by Crippen LogP contribution is 2.31. The number of fused-ring (bicyclic) bond motifs is 1. The first-order valence-corrected chi connectivity index (χ1v) is 12.5. The third-order valence-corrected chi connectivity index (χ3v) is 8.52. The molecule has 0 bridgehead atoms. The maximum atomic E-state index is 13.3. The topological polar surface area (TPSA) is 107 Å². The van der Waals surface area contributed by atoms with Crippen LogP contribution in [0.4, 0.5) is 0 Å². The average Bonchev–Trinajstić information content (AvgIpc) is 3.29. The van der Waals surface area contributed by atoms with E-state index in [2.05, 4.69) is 0 Å². The summed E-state index contributed by atoms with van der Waals surface area (Å²) < 4.78 is 45.9. The van der Waals surface area contributed by atoms with Crippen LogP contribution < -0.4 is 5.43 Å². The minimum atomic E-state index is -3.77. The van der Waals surface area contributed by atoms with Crippen molar-refractivity contribution in [3.05, 3.63) is 40.2 Å². The van der Waals surface area contributed by atoms with Crippen molar-refractivity contribution in [3.63, 3.8) is 0 Å². The lowest BCUT2D eigenvalue weighted by molar-refractivity contribution is -0.181. The molecule has 3 fully saturated rings.